The first-order valence-corrected chi connectivity index (χ1v) is 13.6. The number of nitrogens with zero attached hydrogens (tertiary/aromatic N) is 3. The lowest BCUT2D eigenvalue weighted by Crippen LogP contribution is -2.36. The zero-order valence-corrected chi connectivity index (χ0v) is 22.6. The van der Waals surface area contributed by atoms with E-state index >= 15 is 0 Å². The van der Waals surface area contributed by atoms with Crippen molar-refractivity contribution >= 4 is 29.5 Å². The zero-order valence-electron chi connectivity index (χ0n) is 21.8. The minimum atomic E-state index is -0.956. The van der Waals surface area contributed by atoms with Gasteiger partial charge in [-0.1, -0.05) is 36.4 Å². The first-order chi connectivity index (χ1) is 18.9. The van der Waals surface area contributed by atoms with Gasteiger partial charge in [0.1, 0.15) is 19.0 Å². The van der Waals surface area contributed by atoms with E-state index in [1.807, 2.05) is 62.5 Å². The van der Waals surface area contributed by atoms with Gasteiger partial charge in [-0.25, -0.2) is 9.59 Å². The topological polar surface area (TPSA) is 93.9 Å². The third-order valence-electron chi connectivity index (χ3n) is 6.65. The Labute approximate surface area is 231 Å². The van der Waals surface area contributed by atoms with Gasteiger partial charge in [0.15, 0.2) is 0 Å². The molecule has 0 saturated heterocycles. The summed E-state index contributed by atoms with van der Waals surface area (Å²) in [4.78, 5) is 27.0. The number of ether oxygens (including phenoxy) is 2. The van der Waals surface area contributed by atoms with Gasteiger partial charge >= 0.3 is 12.1 Å². The fraction of sp³-hybridized carbons (Fsp3) is 0.233. The second-order valence-electron chi connectivity index (χ2n) is 9.25. The number of carboxylic acid groups (broad SMARTS) is 1. The SMILES string of the molecule is Cc1cccc(OCCOC(=O)N2CCSc3c(-c4cnn(Cc5cccc(C(=O)O)c5)c4)cccc32)c1C. The molecule has 5 rings (SSSR count). The monoisotopic (exact) mass is 543 g/mol. The molecule has 8 nitrogen and oxygen atoms in total. The lowest BCUT2D eigenvalue weighted by molar-refractivity contribution is 0.0696. The van der Waals surface area contributed by atoms with E-state index in [1.54, 1.807) is 45.7 Å². The summed E-state index contributed by atoms with van der Waals surface area (Å²) in [7, 11) is 0. The van der Waals surface area contributed by atoms with Crippen molar-refractivity contribution < 1.29 is 24.2 Å². The third kappa shape index (κ3) is 5.93. The van der Waals surface area contributed by atoms with Crippen molar-refractivity contribution in [3.05, 3.63) is 95.3 Å². The highest BCUT2D eigenvalue weighted by Gasteiger charge is 2.26. The summed E-state index contributed by atoms with van der Waals surface area (Å²) in [6.45, 7) is 5.48. The molecule has 0 saturated carbocycles. The predicted molar refractivity (Wildman–Crippen MR) is 151 cm³/mol. The van der Waals surface area contributed by atoms with Gasteiger partial charge in [0.2, 0.25) is 0 Å². The van der Waals surface area contributed by atoms with E-state index in [1.165, 1.54) is 0 Å². The number of carbonyl (C=O) groups is 2. The quantitative estimate of drug-likeness (QED) is 0.271. The number of fused-ring (bicyclic) bond motifs is 1. The molecule has 0 fully saturated rings. The number of anilines is 1. The smallest absolute Gasteiger partial charge is 0.414 e. The highest BCUT2D eigenvalue weighted by Crippen LogP contribution is 2.42. The summed E-state index contributed by atoms with van der Waals surface area (Å²) in [5.41, 5.74) is 6.05. The number of carbonyl (C=O) groups excluding carboxylic acids is 1. The first-order valence-electron chi connectivity index (χ1n) is 12.6. The summed E-state index contributed by atoms with van der Waals surface area (Å²) < 4.78 is 13.2. The van der Waals surface area contributed by atoms with Crippen LogP contribution in [0.3, 0.4) is 0 Å². The standard InChI is InChI=1S/C30H29N3O5S/c1-20-6-3-11-27(21(20)2)37-13-14-38-30(36)33-12-15-39-28-25(9-5-10-26(28)33)24-17-31-32(19-24)18-22-7-4-8-23(16-22)29(34)35/h3-11,16-17,19H,12-15,18H2,1-2H3,(H,34,35). The lowest BCUT2D eigenvalue weighted by Gasteiger charge is -2.29. The van der Waals surface area contributed by atoms with Crippen LogP contribution in [-0.2, 0) is 11.3 Å². The molecule has 9 heteroatoms. The van der Waals surface area contributed by atoms with Crippen molar-refractivity contribution in [2.75, 3.05) is 30.4 Å². The molecule has 0 bridgehead atoms. The number of aryl methyl sites for hydroxylation is 1. The number of aromatic nitrogens is 2. The van der Waals surface area contributed by atoms with E-state index in [9.17, 15) is 14.7 Å². The van der Waals surface area contributed by atoms with Crippen LogP contribution in [0.15, 0.2) is 78.0 Å². The van der Waals surface area contributed by atoms with E-state index in [4.69, 9.17) is 9.47 Å². The van der Waals surface area contributed by atoms with Gasteiger partial charge in [0.25, 0.3) is 0 Å². The molecule has 200 valence electrons. The van der Waals surface area contributed by atoms with Crippen LogP contribution in [0.4, 0.5) is 10.5 Å². The fourth-order valence-electron chi connectivity index (χ4n) is 4.48. The highest BCUT2D eigenvalue weighted by atomic mass is 32.2. The van der Waals surface area contributed by atoms with E-state index in [2.05, 4.69) is 5.10 Å². The number of aromatic carboxylic acids is 1. The molecular formula is C30H29N3O5S. The molecule has 0 unspecified atom stereocenters. The van der Waals surface area contributed by atoms with Crippen molar-refractivity contribution in [2.45, 2.75) is 25.3 Å². The van der Waals surface area contributed by atoms with Crippen molar-refractivity contribution in [3.8, 4) is 16.9 Å². The summed E-state index contributed by atoms with van der Waals surface area (Å²) in [5, 5.41) is 13.8. The number of thioether (sulfide) groups is 1. The van der Waals surface area contributed by atoms with Crippen LogP contribution in [-0.4, -0.2) is 52.5 Å². The summed E-state index contributed by atoms with van der Waals surface area (Å²) in [5.74, 6) is 0.585. The van der Waals surface area contributed by atoms with Crippen LogP contribution in [0.2, 0.25) is 0 Å². The Morgan fingerprint density at radius 2 is 1.87 bits per heavy atom. The first kappa shape index (κ1) is 26.4. The number of hydrogen-bond acceptors (Lipinski definition) is 6. The van der Waals surface area contributed by atoms with E-state index in [-0.39, 0.29) is 18.8 Å². The molecule has 1 aliphatic rings. The van der Waals surface area contributed by atoms with Gasteiger partial charge in [-0.3, -0.25) is 9.58 Å². The number of benzene rings is 3. The van der Waals surface area contributed by atoms with Gasteiger partial charge in [-0.05, 0) is 54.8 Å². The third-order valence-corrected chi connectivity index (χ3v) is 7.76. The van der Waals surface area contributed by atoms with Gasteiger partial charge in [0.05, 0.1) is 24.0 Å². The second-order valence-corrected chi connectivity index (χ2v) is 10.4. The Kier molecular flexibility index (Phi) is 7.88. The van der Waals surface area contributed by atoms with Crippen LogP contribution in [0, 0.1) is 13.8 Å². The highest BCUT2D eigenvalue weighted by molar-refractivity contribution is 7.99. The van der Waals surface area contributed by atoms with Crippen molar-refractivity contribution in [2.24, 2.45) is 0 Å². The van der Waals surface area contributed by atoms with E-state index in [0.29, 0.717) is 13.1 Å². The molecule has 1 aromatic heterocycles. The largest absolute Gasteiger partial charge is 0.490 e. The molecular weight excluding hydrogens is 514 g/mol. The molecule has 1 N–H and O–H groups in total. The van der Waals surface area contributed by atoms with Crippen LogP contribution in [0.25, 0.3) is 11.1 Å². The maximum absolute atomic E-state index is 13.0. The van der Waals surface area contributed by atoms with Crippen molar-refractivity contribution in [3.63, 3.8) is 0 Å². The molecule has 0 aliphatic carbocycles. The van der Waals surface area contributed by atoms with E-state index in [0.717, 1.165) is 49.9 Å². The zero-order chi connectivity index (χ0) is 27.4. The average molecular weight is 544 g/mol. The van der Waals surface area contributed by atoms with Crippen molar-refractivity contribution in [1.82, 2.24) is 9.78 Å². The lowest BCUT2D eigenvalue weighted by atomic mass is 10.1. The summed E-state index contributed by atoms with van der Waals surface area (Å²) >= 11 is 1.70. The van der Waals surface area contributed by atoms with Crippen LogP contribution in [0.1, 0.15) is 27.0 Å². The van der Waals surface area contributed by atoms with Crippen LogP contribution < -0.4 is 9.64 Å². The Morgan fingerprint density at radius 1 is 1.05 bits per heavy atom. The molecule has 1 aliphatic heterocycles. The number of rotatable bonds is 8. The Bertz CT molecular complexity index is 1520. The fourth-order valence-corrected chi connectivity index (χ4v) is 5.63. The van der Waals surface area contributed by atoms with Gasteiger partial charge in [-0.2, -0.15) is 5.10 Å². The molecule has 3 aromatic carbocycles. The summed E-state index contributed by atoms with van der Waals surface area (Å²) in [6, 6.07) is 18.6. The predicted octanol–water partition coefficient (Wildman–Crippen LogP) is 6.04. The van der Waals surface area contributed by atoms with Gasteiger partial charge in [0, 0.05) is 34.5 Å². The summed E-state index contributed by atoms with van der Waals surface area (Å²) in [6.07, 6.45) is 3.33. The maximum Gasteiger partial charge on any atom is 0.414 e. The molecule has 4 aromatic rings. The van der Waals surface area contributed by atoms with Crippen LogP contribution in [0.5, 0.6) is 5.75 Å². The Morgan fingerprint density at radius 3 is 2.72 bits per heavy atom. The number of hydrogen-bond donors (Lipinski definition) is 1. The van der Waals surface area contributed by atoms with Gasteiger partial charge < -0.3 is 14.6 Å². The average Bonchev–Trinajstić information content (AvgIpc) is 3.40. The van der Waals surface area contributed by atoms with Gasteiger partial charge in [-0.15, -0.1) is 11.8 Å². The van der Waals surface area contributed by atoms with Crippen LogP contribution >= 0.6 is 11.8 Å². The minimum Gasteiger partial charge on any atom is -0.490 e. The normalized spacial score (nSPS) is 12.6. The minimum absolute atomic E-state index is 0.154. The van der Waals surface area contributed by atoms with E-state index < -0.39 is 12.1 Å². The molecule has 1 amide bonds. The molecule has 0 spiro atoms. The molecule has 2 heterocycles. The number of amides is 1. The van der Waals surface area contributed by atoms with Crippen molar-refractivity contribution in [1.29, 1.82) is 0 Å². The molecule has 0 radical (unpaired) electrons. The molecule has 39 heavy (non-hydrogen) atoms. The maximum atomic E-state index is 13.0. The Hall–Kier alpha value is -4.24. The number of carboxylic acids is 1. The molecule has 0 atom stereocenters. The Balaban J connectivity index is 1.26. The second kappa shape index (κ2) is 11.7.